The predicted molar refractivity (Wildman–Crippen MR) is 110 cm³/mol. The van der Waals surface area contributed by atoms with E-state index in [0.717, 1.165) is 30.6 Å². The van der Waals surface area contributed by atoms with Crippen LogP contribution in [-0.2, 0) is 14.3 Å². The number of hydrogen-bond acceptors (Lipinski definition) is 4. The second-order valence-electron chi connectivity index (χ2n) is 9.24. The minimum absolute atomic E-state index is 0.139. The first-order chi connectivity index (χ1) is 14.0. The summed E-state index contributed by atoms with van der Waals surface area (Å²) in [5, 5.41) is 3.25. The number of amides is 1. The van der Waals surface area contributed by atoms with Crippen molar-refractivity contribution in [2.45, 2.75) is 64.8 Å². The fourth-order valence-corrected chi connectivity index (χ4v) is 6.30. The zero-order valence-electron chi connectivity index (χ0n) is 17.6. The van der Waals surface area contributed by atoms with Gasteiger partial charge >= 0.3 is 5.97 Å². The van der Waals surface area contributed by atoms with Gasteiger partial charge in [0, 0.05) is 5.41 Å². The smallest absolute Gasteiger partial charge is 0.308 e. The van der Waals surface area contributed by atoms with Crippen LogP contribution < -0.4 is 10.1 Å². The topological polar surface area (TPSA) is 64.6 Å². The van der Waals surface area contributed by atoms with Crippen molar-refractivity contribution >= 4 is 11.9 Å². The van der Waals surface area contributed by atoms with Gasteiger partial charge in [-0.1, -0.05) is 12.1 Å². The summed E-state index contributed by atoms with van der Waals surface area (Å²) in [6.07, 6.45) is 7.10. The summed E-state index contributed by atoms with van der Waals surface area (Å²) in [7, 11) is 0. The van der Waals surface area contributed by atoms with E-state index in [1.54, 1.807) is 6.92 Å². The molecular weight excluding hydrogens is 366 g/mol. The maximum absolute atomic E-state index is 13.5. The Labute approximate surface area is 173 Å². The molecule has 29 heavy (non-hydrogen) atoms. The summed E-state index contributed by atoms with van der Waals surface area (Å²) in [5.41, 5.74) is 0.687. The van der Waals surface area contributed by atoms with Crippen LogP contribution in [0, 0.1) is 23.2 Å². The Morgan fingerprint density at radius 1 is 1.00 bits per heavy atom. The lowest BCUT2D eigenvalue weighted by atomic mass is 9.49. The molecule has 158 valence electrons. The minimum atomic E-state index is -0.370. The highest BCUT2D eigenvalue weighted by Gasteiger charge is 2.54. The van der Waals surface area contributed by atoms with Gasteiger partial charge in [-0.3, -0.25) is 9.59 Å². The van der Waals surface area contributed by atoms with Crippen molar-refractivity contribution in [2.24, 2.45) is 23.2 Å². The van der Waals surface area contributed by atoms with Crippen LogP contribution >= 0.6 is 0 Å². The lowest BCUT2D eigenvalue weighted by Crippen LogP contribution is -2.54. The molecule has 5 heteroatoms. The molecule has 5 nitrogen and oxygen atoms in total. The van der Waals surface area contributed by atoms with E-state index >= 15 is 0 Å². The summed E-state index contributed by atoms with van der Waals surface area (Å²) < 4.78 is 10.7. The number of ether oxygens (including phenoxy) is 2. The molecule has 1 N–H and O–H groups in total. The molecule has 4 fully saturated rings. The molecule has 0 heterocycles. The Morgan fingerprint density at radius 3 is 2.10 bits per heavy atom. The molecule has 4 aliphatic carbocycles. The van der Waals surface area contributed by atoms with E-state index in [4.69, 9.17) is 9.47 Å². The van der Waals surface area contributed by atoms with Crippen LogP contribution in [0.25, 0.3) is 0 Å². The number of carbonyl (C=O) groups is 2. The fourth-order valence-electron chi connectivity index (χ4n) is 6.30. The SMILES string of the molecule is CCOC(=O)C[C@H](NC(=O)C12CC3CC(CC(C3)C1)C2)c1ccc(OCC)cc1. The minimum Gasteiger partial charge on any atom is -0.494 e. The number of carbonyl (C=O) groups excluding carboxylic acids is 2. The zero-order chi connectivity index (χ0) is 20.4. The number of hydrogen-bond donors (Lipinski definition) is 1. The summed E-state index contributed by atoms with van der Waals surface area (Å²) in [6.45, 7) is 4.70. The molecule has 4 bridgehead atoms. The Bertz CT molecular complexity index is 706. The average Bonchev–Trinajstić information content (AvgIpc) is 2.67. The van der Waals surface area contributed by atoms with Crippen molar-refractivity contribution in [2.75, 3.05) is 13.2 Å². The van der Waals surface area contributed by atoms with Crippen molar-refractivity contribution < 1.29 is 19.1 Å². The Morgan fingerprint density at radius 2 is 1.59 bits per heavy atom. The molecule has 0 unspecified atom stereocenters. The Hall–Kier alpha value is -2.04. The summed E-state index contributed by atoms with van der Waals surface area (Å²) in [4.78, 5) is 25.7. The first-order valence-corrected chi connectivity index (χ1v) is 11.2. The molecule has 0 radical (unpaired) electrons. The number of benzene rings is 1. The van der Waals surface area contributed by atoms with Crippen LogP contribution in [0.15, 0.2) is 24.3 Å². The van der Waals surface area contributed by atoms with E-state index < -0.39 is 0 Å². The largest absolute Gasteiger partial charge is 0.494 e. The summed E-state index contributed by atoms with van der Waals surface area (Å²) >= 11 is 0. The van der Waals surface area contributed by atoms with Crippen molar-refractivity contribution in [1.82, 2.24) is 5.32 Å². The third-order valence-electron chi connectivity index (χ3n) is 7.09. The summed E-state index contributed by atoms with van der Waals surface area (Å²) in [5.74, 6) is 2.78. The first-order valence-electron chi connectivity index (χ1n) is 11.2. The lowest BCUT2D eigenvalue weighted by Gasteiger charge is -2.55. The standard InChI is InChI=1S/C24H33NO4/c1-3-28-20-7-5-19(6-8-20)21(12-22(26)29-4-2)25-23(27)24-13-16-9-17(14-24)11-18(10-16)15-24/h5-8,16-18,21H,3-4,9-15H2,1-2H3,(H,25,27)/t16?,17?,18?,21-,24?/m0/s1. The third-order valence-corrected chi connectivity index (χ3v) is 7.09. The van der Waals surface area contributed by atoms with Crippen LogP contribution in [0.1, 0.15) is 70.4 Å². The van der Waals surface area contributed by atoms with Gasteiger partial charge in [-0.25, -0.2) is 0 Å². The molecule has 1 atom stereocenters. The zero-order valence-corrected chi connectivity index (χ0v) is 17.6. The highest BCUT2D eigenvalue weighted by atomic mass is 16.5. The van der Waals surface area contributed by atoms with Crippen LogP contribution in [0.5, 0.6) is 5.75 Å². The molecule has 1 aromatic rings. The molecule has 4 aliphatic rings. The van der Waals surface area contributed by atoms with Gasteiger partial charge < -0.3 is 14.8 Å². The predicted octanol–water partition coefficient (Wildman–Crippen LogP) is 4.41. The maximum Gasteiger partial charge on any atom is 0.308 e. The van der Waals surface area contributed by atoms with Gasteiger partial charge in [0.15, 0.2) is 0 Å². The molecule has 0 saturated heterocycles. The van der Waals surface area contributed by atoms with Crippen molar-refractivity contribution in [3.05, 3.63) is 29.8 Å². The van der Waals surface area contributed by atoms with Gasteiger partial charge in [0.1, 0.15) is 5.75 Å². The third kappa shape index (κ3) is 4.29. The van der Waals surface area contributed by atoms with Crippen LogP contribution in [0.2, 0.25) is 0 Å². The van der Waals surface area contributed by atoms with E-state index in [0.29, 0.717) is 31.0 Å². The van der Waals surface area contributed by atoms with Crippen molar-refractivity contribution in [3.63, 3.8) is 0 Å². The molecule has 4 saturated carbocycles. The van der Waals surface area contributed by atoms with E-state index in [2.05, 4.69) is 5.32 Å². The number of rotatable bonds is 8. The summed E-state index contributed by atoms with van der Waals surface area (Å²) in [6, 6.07) is 7.30. The monoisotopic (exact) mass is 399 g/mol. The molecule has 0 spiro atoms. The van der Waals surface area contributed by atoms with E-state index in [1.165, 1.54) is 19.3 Å². The van der Waals surface area contributed by atoms with Gasteiger partial charge in [-0.2, -0.15) is 0 Å². The second-order valence-corrected chi connectivity index (χ2v) is 9.24. The van der Waals surface area contributed by atoms with E-state index in [9.17, 15) is 9.59 Å². The lowest BCUT2D eigenvalue weighted by molar-refractivity contribution is -0.148. The van der Waals surface area contributed by atoms with E-state index in [-0.39, 0.29) is 29.8 Å². The Balaban J connectivity index is 1.51. The van der Waals surface area contributed by atoms with Crippen molar-refractivity contribution in [3.8, 4) is 5.75 Å². The molecule has 0 aliphatic heterocycles. The highest BCUT2D eigenvalue weighted by Crippen LogP contribution is 2.60. The molecule has 0 aromatic heterocycles. The number of nitrogens with one attached hydrogen (secondary N) is 1. The molecule has 5 rings (SSSR count). The van der Waals surface area contributed by atoms with Crippen molar-refractivity contribution in [1.29, 1.82) is 0 Å². The van der Waals surface area contributed by atoms with Gasteiger partial charge in [0.05, 0.1) is 25.7 Å². The van der Waals surface area contributed by atoms with E-state index in [1.807, 2.05) is 31.2 Å². The molecule has 1 amide bonds. The molecular formula is C24H33NO4. The first kappa shape index (κ1) is 20.2. The van der Waals surface area contributed by atoms with Gasteiger partial charge in [0.2, 0.25) is 5.91 Å². The second kappa shape index (κ2) is 8.37. The highest BCUT2D eigenvalue weighted by molar-refractivity contribution is 5.84. The normalized spacial score (nSPS) is 30.6. The Kier molecular flexibility index (Phi) is 5.84. The van der Waals surface area contributed by atoms with Gasteiger partial charge in [-0.05, 0) is 87.8 Å². The van der Waals surface area contributed by atoms with Crippen LogP contribution in [0.3, 0.4) is 0 Å². The maximum atomic E-state index is 13.5. The molecule has 1 aromatic carbocycles. The van der Waals surface area contributed by atoms with Crippen LogP contribution in [-0.4, -0.2) is 25.1 Å². The average molecular weight is 400 g/mol. The number of esters is 1. The van der Waals surface area contributed by atoms with Gasteiger partial charge in [0.25, 0.3) is 0 Å². The van der Waals surface area contributed by atoms with Crippen LogP contribution in [0.4, 0.5) is 0 Å². The quantitative estimate of drug-likeness (QED) is 0.658. The van der Waals surface area contributed by atoms with Gasteiger partial charge in [-0.15, -0.1) is 0 Å². The fraction of sp³-hybridized carbons (Fsp3) is 0.667.